The van der Waals surface area contributed by atoms with E-state index in [-0.39, 0.29) is 13.2 Å². The van der Waals surface area contributed by atoms with Crippen LogP contribution in [-0.4, -0.2) is 23.4 Å². The van der Waals surface area contributed by atoms with Gasteiger partial charge in [0.25, 0.3) is 0 Å². The van der Waals surface area contributed by atoms with Crippen molar-refractivity contribution in [1.29, 1.82) is 0 Å². The second-order valence-electron chi connectivity index (χ2n) is 0.447. The van der Waals surface area contributed by atoms with Gasteiger partial charge in [0.1, 0.15) is 0 Å². The number of hydrogen-bond acceptors (Lipinski definition) is 2. The SMILES string of the molecule is C=C.C=C.C=C.C=C.OCCO. The highest BCUT2D eigenvalue weighted by Crippen LogP contribution is 1.39. The molecule has 0 aromatic heterocycles. The van der Waals surface area contributed by atoms with Crippen LogP contribution in [0.4, 0.5) is 0 Å². The van der Waals surface area contributed by atoms with Crippen LogP contribution in [0.5, 0.6) is 0 Å². The average molecular weight is 174 g/mol. The molecule has 12 heavy (non-hydrogen) atoms. The van der Waals surface area contributed by atoms with E-state index in [1.165, 1.54) is 0 Å². The van der Waals surface area contributed by atoms with E-state index in [1.807, 2.05) is 0 Å². The molecule has 0 saturated heterocycles. The molecule has 0 rings (SSSR count). The molecule has 0 heterocycles. The van der Waals surface area contributed by atoms with Crippen molar-refractivity contribution in [2.24, 2.45) is 0 Å². The Morgan fingerprint density at radius 2 is 0.583 bits per heavy atom. The van der Waals surface area contributed by atoms with Crippen molar-refractivity contribution < 1.29 is 10.2 Å². The van der Waals surface area contributed by atoms with Crippen LogP contribution < -0.4 is 0 Å². The molecule has 0 spiro atoms. The lowest BCUT2D eigenvalue weighted by Crippen LogP contribution is -1.85. The van der Waals surface area contributed by atoms with Gasteiger partial charge in [0, 0.05) is 0 Å². The highest BCUT2D eigenvalue weighted by Gasteiger charge is 1.58. The number of rotatable bonds is 1. The summed E-state index contributed by atoms with van der Waals surface area (Å²) in [5.74, 6) is 0. The van der Waals surface area contributed by atoms with Gasteiger partial charge in [-0.3, -0.25) is 0 Å². The summed E-state index contributed by atoms with van der Waals surface area (Å²) in [5, 5.41) is 15.2. The molecule has 0 saturated carbocycles. The van der Waals surface area contributed by atoms with Crippen LogP contribution in [-0.2, 0) is 0 Å². The van der Waals surface area contributed by atoms with Gasteiger partial charge in [0.05, 0.1) is 13.2 Å². The molecular formula is C10H22O2. The standard InChI is InChI=1S/C2H6O2.4C2H4/c3-1-2-4;4*1-2/h3-4H,1-2H2;4*1-2H2. The van der Waals surface area contributed by atoms with Crippen molar-refractivity contribution >= 4 is 0 Å². The molecule has 0 unspecified atom stereocenters. The molecule has 2 N–H and O–H groups in total. The van der Waals surface area contributed by atoms with E-state index in [9.17, 15) is 0 Å². The molecular weight excluding hydrogens is 152 g/mol. The molecule has 74 valence electrons. The Morgan fingerprint density at radius 3 is 0.583 bits per heavy atom. The van der Waals surface area contributed by atoms with E-state index in [0.717, 1.165) is 0 Å². The molecule has 0 aliphatic rings. The normalized spacial score (nSPS) is 3.83. The predicted molar refractivity (Wildman–Crippen MR) is 59.2 cm³/mol. The van der Waals surface area contributed by atoms with Gasteiger partial charge in [-0.2, -0.15) is 0 Å². The smallest absolute Gasteiger partial charge is 0.0662 e. The third-order valence-electron chi connectivity index (χ3n) is 0.1000. The largest absolute Gasteiger partial charge is 0.394 e. The summed E-state index contributed by atoms with van der Waals surface area (Å²) in [6.07, 6.45) is 0. The Morgan fingerprint density at radius 1 is 0.500 bits per heavy atom. The van der Waals surface area contributed by atoms with Gasteiger partial charge in [-0.25, -0.2) is 0 Å². The lowest BCUT2D eigenvalue weighted by Gasteiger charge is -1.70. The van der Waals surface area contributed by atoms with Crippen molar-refractivity contribution in [3.05, 3.63) is 52.6 Å². The van der Waals surface area contributed by atoms with Crippen molar-refractivity contribution in [3.63, 3.8) is 0 Å². The summed E-state index contributed by atoms with van der Waals surface area (Å²) in [7, 11) is 0. The first-order chi connectivity index (χ1) is 5.91. The van der Waals surface area contributed by atoms with Gasteiger partial charge in [-0.05, 0) is 0 Å². The summed E-state index contributed by atoms with van der Waals surface area (Å²) >= 11 is 0. The zero-order valence-electron chi connectivity index (χ0n) is 7.97. The monoisotopic (exact) mass is 174 g/mol. The van der Waals surface area contributed by atoms with E-state index in [0.29, 0.717) is 0 Å². The highest BCUT2D eigenvalue weighted by atomic mass is 16.3. The summed E-state index contributed by atoms with van der Waals surface area (Å²) < 4.78 is 0. The molecule has 2 heteroatoms. The fourth-order valence-electron chi connectivity index (χ4n) is 0. The van der Waals surface area contributed by atoms with Crippen LogP contribution in [0.15, 0.2) is 52.6 Å². The van der Waals surface area contributed by atoms with Crippen molar-refractivity contribution in [1.82, 2.24) is 0 Å². The number of aliphatic hydroxyl groups is 2. The molecule has 0 fully saturated rings. The van der Waals surface area contributed by atoms with E-state index < -0.39 is 0 Å². The van der Waals surface area contributed by atoms with Gasteiger partial charge >= 0.3 is 0 Å². The van der Waals surface area contributed by atoms with Gasteiger partial charge in [0.15, 0.2) is 0 Å². The third kappa shape index (κ3) is 38300. The molecule has 0 aliphatic heterocycles. The van der Waals surface area contributed by atoms with Crippen LogP contribution in [0.2, 0.25) is 0 Å². The number of aliphatic hydroxyl groups excluding tert-OH is 2. The molecule has 0 aliphatic carbocycles. The van der Waals surface area contributed by atoms with Crippen LogP contribution in [0.1, 0.15) is 0 Å². The topological polar surface area (TPSA) is 40.5 Å². The molecule has 0 aromatic carbocycles. The van der Waals surface area contributed by atoms with Crippen molar-refractivity contribution in [3.8, 4) is 0 Å². The van der Waals surface area contributed by atoms with Gasteiger partial charge in [-0.15, -0.1) is 52.6 Å². The Kier molecular flexibility index (Phi) is 2580. The maximum absolute atomic E-state index is 7.62. The Labute approximate surface area is 76.9 Å². The van der Waals surface area contributed by atoms with Crippen LogP contribution >= 0.6 is 0 Å². The van der Waals surface area contributed by atoms with E-state index >= 15 is 0 Å². The first-order valence-corrected chi connectivity index (χ1v) is 3.13. The minimum atomic E-state index is -0.125. The number of hydrogen-bond donors (Lipinski definition) is 2. The molecule has 0 atom stereocenters. The molecule has 0 amide bonds. The third-order valence-corrected chi connectivity index (χ3v) is 0.1000. The minimum absolute atomic E-state index is 0.125. The van der Waals surface area contributed by atoms with Crippen LogP contribution in [0.3, 0.4) is 0 Å². The molecule has 0 aromatic rings. The molecule has 0 bridgehead atoms. The first kappa shape index (κ1) is 30.7. The quantitative estimate of drug-likeness (QED) is 0.598. The van der Waals surface area contributed by atoms with Crippen molar-refractivity contribution in [2.75, 3.05) is 13.2 Å². The summed E-state index contributed by atoms with van der Waals surface area (Å²) in [6.45, 7) is 23.8. The fourth-order valence-corrected chi connectivity index (χ4v) is 0. The van der Waals surface area contributed by atoms with Gasteiger partial charge in [-0.1, -0.05) is 0 Å². The summed E-state index contributed by atoms with van der Waals surface area (Å²) in [6, 6.07) is 0. The lowest BCUT2D eigenvalue weighted by molar-refractivity contribution is 0.186. The molecule has 0 radical (unpaired) electrons. The Bertz CT molecular complexity index is 28.8. The fraction of sp³-hybridized carbons (Fsp3) is 0.200. The second kappa shape index (κ2) is 1010. The zero-order valence-corrected chi connectivity index (χ0v) is 7.97. The van der Waals surface area contributed by atoms with E-state index in [1.54, 1.807) is 0 Å². The van der Waals surface area contributed by atoms with Crippen molar-refractivity contribution in [2.45, 2.75) is 0 Å². The van der Waals surface area contributed by atoms with Crippen LogP contribution in [0, 0.1) is 0 Å². The van der Waals surface area contributed by atoms with E-state index in [4.69, 9.17) is 10.2 Å². The first-order valence-electron chi connectivity index (χ1n) is 3.13. The zero-order chi connectivity index (χ0) is 11.4. The van der Waals surface area contributed by atoms with Crippen LogP contribution in [0.25, 0.3) is 0 Å². The maximum Gasteiger partial charge on any atom is 0.0662 e. The molecule has 2 nitrogen and oxygen atoms in total. The Balaban J connectivity index is -0.0000000181. The minimum Gasteiger partial charge on any atom is -0.394 e. The second-order valence-corrected chi connectivity index (χ2v) is 0.447. The Hall–Kier alpha value is -1.12. The highest BCUT2D eigenvalue weighted by molar-refractivity contribution is 4.23. The maximum atomic E-state index is 7.62. The summed E-state index contributed by atoms with van der Waals surface area (Å²) in [4.78, 5) is 0. The van der Waals surface area contributed by atoms with E-state index in [2.05, 4.69) is 52.6 Å². The van der Waals surface area contributed by atoms with Gasteiger partial charge < -0.3 is 10.2 Å². The average Bonchev–Trinajstić information content (AvgIpc) is 2.29. The lowest BCUT2D eigenvalue weighted by atomic mass is 10.8. The van der Waals surface area contributed by atoms with Gasteiger partial charge in [0.2, 0.25) is 0 Å². The predicted octanol–water partition coefficient (Wildman–Crippen LogP) is 2.18. The summed E-state index contributed by atoms with van der Waals surface area (Å²) in [5.41, 5.74) is 0.